The summed E-state index contributed by atoms with van der Waals surface area (Å²) in [5.41, 5.74) is 9.51. The highest BCUT2D eigenvalue weighted by Gasteiger charge is 2.25. The number of fused-ring (bicyclic) bond motifs is 9. The summed E-state index contributed by atoms with van der Waals surface area (Å²) in [6, 6.07) is 73.6. The number of aromatic nitrogens is 7. The predicted molar refractivity (Wildman–Crippen MR) is 275 cm³/mol. The van der Waals surface area contributed by atoms with Crippen molar-refractivity contribution < 1.29 is 0 Å². The molecule has 0 saturated heterocycles. The summed E-state index contributed by atoms with van der Waals surface area (Å²) in [6.07, 6.45) is 1.88. The minimum Gasteiger partial charge on any atom is -0.307 e. The minimum atomic E-state index is 0.560. The van der Waals surface area contributed by atoms with E-state index in [2.05, 4.69) is 214 Å². The Morgan fingerprint density at radius 2 is 0.896 bits per heavy atom. The molecule has 0 radical (unpaired) electrons. The van der Waals surface area contributed by atoms with Gasteiger partial charge in [0, 0.05) is 55.3 Å². The number of para-hydroxylation sites is 2. The SMILES string of the molecule is c1ccc(-n2c3ccccc3c3cc4ccc5cccc6c5c4c(c32)n6-c2ccc3c(c2)c2ccccc2n3-c2nc(-c3ccc4ccccc4c3)nc(-c3ccc4ccccc4c3)n2)nc1. The largest absolute Gasteiger partial charge is 0.307 e. The van der Waals surface area contributed by atoms with Crippen molar-refractivity contribution in [2.45, 2.75) is 0 Å². The lowest BCUT2D eigenvalue weighted by molar-refractivity contribution is 0.953. The fourth-order valence-electron chi connectivity index (χ4n) is 10.9. The monoisotopic (exact) mass is 853 g/mol. The van der Waals surface area contributed by atoms with Crippen molar-refractivity contribution >= 4 is 97.7 Å². The van der Waals surface area contributed by atoms with Gasteiger partial charge in [0.05, 0.1) is 33.1 Å². The molecule has 0 unspecified atom stereocenters. The van der Waals surface area contributed by atoms with E-state index in [-0.39, 0.29) is 0 Å². The second kappa shape index (κ2) is 13.7. The molecule has 5 aromatic heterocycles. The molecular weight excluding hydrogens is 819 g/mol. The lowest BCUT2D eigenvalue weighted by Gasteiger charge is -2.13. The molecule has 67 heavy (non-hydrogen) atoms. The second-order valence-electron chi connectivity index (χ2n) is 17.5. The molecular formula is C60H35N7. The summed E-state index contributed by atoms with van der Waals surface area (Å²) in [5.74, 6) is 2.67. The van der Waals surface area contributed by atoms with Crippen LogP contribution < -0.4 is 0 Å². The van der Waals surface area contributed by atoms with Crippen molar-refractivity contribution in [1.82, 2.24) is 33.6 Å². The van der Waals surface area contributed by atoms with Crippen LogP contribution in [0.2, 0.25) is 0 Å². The van der Waals surface area contributed by atoms with Crippen LogP contribution in [0.4, 0.5) is 0 Å². The quantitative estimate of drug-likeness (QED) is 0.162. The van der Waals surface area contributed by atoms with E-state index < -0.39 is 0 Å². The van der Waals surface area contributed by atoms with Gasteiger partial charge in [-0.2, -0.15) is 9.97 Å². The topological polar surface area (TPSA) is 66.3 Å². The van der Waals surface area contributed by atoms with Gasteiger partial charge in [-0.3, -0.25) is 9.13 Å². The first-order valence-corrected chi connectivity index (χ1v) is 22.6. The van der Waals surface area contributed by atoms with Gasteiger partial charge in [0.15, 0.2) is 11.6 Å². The van der Waals surface area contributed by atoms with E-state index in [0.29, 0.717) is 17.6 Å². The van der Waals surface area contributed by atoms with Gasteiger partial charge in [-0.15, -0.1) is 0 Å². The Bertz CT molecular complexity index is 4420. The standard InChI is InChI=1S/C60H35N7/c1-3-14-39-32-42(27-23-36(39)12-1)58-62-59(43-28-24-37-13-2-4-15-40(37)33-43)64-60(63-58)66-49-19-7-5-17-45(49)47-35-44(29-30-51(47)66)65-52-21-11-16-38-25-26-41-34-48-46-18-6-8-20-50(46)67(53-22-9-10-31-61-53)56(48)57(65)55(41)54(38)52/h1-35H. The zero-order valence-corrected chi connectivity index (χ0v) is 35.8. The highest BCUT2D eigenvalue weighted by atomic mass is 15.2. The maximum absolute atomic E-state index is 5.33. The Labute approximate surface area is 382 Å². The molecule has 15 rings (SSSR count). The molecule has 0 fully saturated rings. The van der Waals surface area contributed by atoms with Crippen LogP contribution in [0.25, 0.3) is 138 Å². The van der Waals surface area contributed by atoms with Crippen molar-refractivity contribution in [2.75, 3.05) is 0 Å². The maximum Gasteiger partial charge on any atom is 0.238 e. The molecule has 0 bridgehead atoms. The van der Waals surface area contributed by atoms with Crippen molar-refractivity contribution in [3.05, 3.63) is 212 Å². The molecule has 5 heterocycles. The Kier molecular flexibility index (Phi) is 7.37. The summed E-state index contributed by atoms with van der Waals surface area (Å²) in [6.45, 7) is 0. The first-order chi connectivity index (χ1) is 33.2. The summed E-state index contributed by atoms with van der Waals surface area (Å²) < 4.78 is 7.04. The Hall–Kier alpha value is -9.20. The molecule has 0 saturated carbocycles. The van der Waals surface area contributed by atoms with Crippen LogP contribution in [0, 0.1) is 0 Å². The highest BCUT2D eigenvalue weighted by molar-refractivity contribution is 6.32. The smallest absolute Gasteiger partial charge is 0.238 e. The van der Waals surface area contributed by atoms with Crippen LogP contribution in [0.1, 0.15) is 0 Å². The Morgan fingerprint density at radius 3 is 1.61 bits per heavy atom. The molecule has 0 aliphatic heterocycles. The first-order valence-electron chi connectivity index (χ1n) is 22.6. The van der Waals surface area contributed by atoms with Gasteiger partial charge in [-0.1, -0.05) is 140 Å². The molecule has 0 N–H and O–H groups in total. The summed E-state index contributed by atoms with van der Waals surface area (Å²) in [5, 5.41) is 14.1. The van der Waals surface area contributed by atoms with Crippen LogP contribution >= 0.6 is 0 Å². The van der Waals surface area contributed by atoms with Gasteiger partial charge in [-0.25, -0.2) is 9.97 Å². The summed E-state index contributed by atoms with van der Waals surface area (Å²) in [7, 11) is 0. The molecule has 0 spiro atoms. The molecule has 7 heteroatoms. The molecule has 0 aliphatic rings. The lowest BCUT2D eigenvalue weighted by atomic mass is 10.00. The van der Waals surface area contributed by atoms with E-state index in [9.17, 15) is 0 Å². The van der Waals surface area contributed by atoms with Crippen LogP contribution in [0.3, 0.4) is 0 Å². The van der Waals surface area contributed by atoms with Crippen molar-refractivity contribution in [3.63, 3.8) is 0 Å². The molecule has 10 aromatic carbocycles. The van der Waals surface area contributed by atoms with Crippen molar-refractivity contribution in [2.24, 2.45) is 0 Å². The predicted octanol–water partition coefficient (Wildman–Crippen LogP) is 14.8. The molecule has 0 aliphatic carbocycles. The van der Waals surface area contributed by atoms with Crippen LogP contribution in [-0.4, -0.2) is 33.6 Å². The van der Waals surface area contributed by atoms with E-state index in [1.54, 1.807) is 0 Å². The van der Waals surface area contributed by atoms with Gasteiger partial charge in [0.25, 0.3) is 0 Å². The zero-order valence-electron chi connectivity index (χ0n) is 35.8. The van der Waals surface area contributed by atoms with Gasteiger partial charge < -0.3 is 4.57 Å². The summed E-state index contributed by atoms with van der Waals surface area (Å²) >= 11 is 0. The van der Waals surface area contributed by atoms with Crippen molar-refractivity contribution in [3.8, 4) is 40.2 Å². The maximum atomic E-state index is 5.33. The molecule has 15 aromatic rings. The number of benzene rings is 10. The number of hydrogen-bond acceptors (Lipinski definition) is 4. The molecule has 7 nitrogen and oxygen atoms in total. The second-order valence-corrected chi connectivity index (χ2v) is 17.5. The highest BCUT2D eigenvalue weighted by Crippen LogP contribution is 2.46. The average molecular weight is 854 g/mol. The minimum absolute atomic E-state index is 0.560. The lowest BCUT2D eigenvalue weighted by Crippen LogP contribution is -2.06. The van der Waals surface area contributed by atoms with E-state index in [4.69, 9.17) is 19.9 Å². The van der Waals surface area contributed by atoms with Gasteiger partial charge in [-0.05, 0) is 99.0 Å². The van der Waals surface area contributed by atoms with Gasteiger partial charge >= 0.3 is 0 Å². The van der Waals surface area contributed by atoms with Crippen molar-refractivity contribution in [1.29, 1.82) is 0 Å². The third-order valence-corrected chi connectivity index (χ3v) is 13.8. The Balaban J connectivity index is 1.02. The fraction of sp³-hybridized carbons (Fsp3) is 0. The Morgan fingerprint density at radius 1 is 0.313 bits per heavy atom. The van der Waals surface area contributed by atoms with E-state index in [1.165, 1.54) is 43.1 Å². The fourth-order valence-corrected chi connectivity index (χ4v) is 10.9. The van der Waals surface area contributed by atoms with Crippen LogP contribution in [0.15, 0.2) is 212 Å². The first kappa shape index (κ1) is 36.2. The third kappa shape index (κ3) is 5.22. The van der Waals surface area contributed by atoms with E-state index >= 15 is 0 Å². The molecule has 0 amide bonds. The van der Waals surface area contributed by atoms with Gasteiger partial charge in [0.2, 0.25) is 5.95 Å². The average Bonchev–Trinajstić information content (AvgIpc) is 4.04. The number of pyridine rings is 1. The van der Waals surface area contributed by atoms with E-state index in [1.807, 2.05) is 12.3 Å². The number of rotatable bonds is 5. The molecule has 0 atom stereocenters. The molecule has 310 valence electrons. The van der Waals surface area contributed by atoms with Gasteiger partial charge in [0.1, 0.15) is 5.82 Å². The third-order valence-electron chi connectivity index (χ3n) is 13.8. The van der Waals surface area contributed by atoms with E-state index in [0.717, 1.165) is 77.3 Å². The normalized spacial score (nSPS) is 12.2. The zero-order chi connectivity index (χ0) is 43.7. The van der Waals surface area contributed by atoms with Crippen LogP contribution in [-0.2, 0) is 0 Å². The van der Waals surface area contributed by atoms with Crippen LogP contribution in [0.5, 0.6) is 0 Å². The number of hydrogen-bond donors (Lipinski definition) is 0. The summed E-state index contributed by atoms with van der Waals surface area (Å²) in [4.78, 5) is 20.8. The number of nitrogens with zero attached hydrogens (tertiary/aromatic N) is 7.